The molecule has 1 saturated heterocycles. The Hall–Kier alpha value is -1.76. The van der Waals surface area contributed by atoms with Crippen molar-refractivity contribution in [2.45, 2.75) is 19.0 Å². The van der Waals surface area contributed by atoms with Crippen molar-refractivity contribution >= 4 is 17.3 Å². The summed E-state index contributed by atoms with van der Waals surface area (Å²) in [5.74, 6) is -1.70. The van der Waals surface area contributed by atoms with Gasteiger partial charge in [0.2, 0.25) is 5.91 Å². The fourth-order valence-electron chi connectivity index (χ4n) is 2.47. The van der Waals surface area contributed by atoms with Crippen molar-refractivity contribution in [3.05, 3.63) is 24.3 Å². The predicted octanol–water partition coefficient (Wildman–Crippen LogP) is 2.48. The molecule has 0 saturated carbocycles. The van der Waals surface area contributed by atoms with Crippen LogP contribution in [0.3, 0.4) is 0 Å². The van der Waals surface area contributed by atoms with Crippen molar-refractivity contribution in [3.8, 4) is 0 Å². The van der Waals surface area contributed by atoms with E-state index in [-0.39, 0.29) is 25.4 Å². The monoisotopic (exact) mass is 301 g/mol. The Labute approximate surface area is 121 Å². The smallest absolute Gasteiger partial charge is 0.393 e. The van der Waals surface area contributed by atoms with Crippen LogP contribution in [-0.2, 0) is 4.79 Å². The van der Waals surface area contributed by atoms with Crippen LogP contribution in [0.5, 0.6) is 0 Å². The van der Waals surface area contributed by atoms with Gasteiger partial charge in [-0.05, 0) is 31.5 Å². The van der Waals surface area contributed by atoms with Gasteiger partial charge in [0.15, 0.2) is 0 Å². The van der Waals surface area contributed by atoms with Gasteiger partial charge in [0.1, 0.15) is 0 Å². The van der Waals surface area contributed by atoms with Crippen molar-refractivity contribution in [2.24, 2.45) is 5.92 Å². The third-order valence-corrected chi connectivity index (χ3v) is 3.57. The Bertz CT molecular complexity index is 504. The van der Waals surface area contributed by atoms with E-state index < -0.39 is 12.1 Å². The zero-order valence-electron chi connectivity index (χ0n) is 11.5. The summed E-state index contributed by atoms with van der Waals surface area (Å²) in [6, 6.07) is 6.77. The number of benzene rings is 1. The van der Waals surface area contributed by atoms with Crippen LogP contribution >= 0.6 is 0 Å². The van der Waals surface area contributed by atoms with E-state index in [1.54, 1.807) is 24.3 Å². The summed E-state index contributed by atoms with van der Waals surface area (Å²) in [7, 11) is 0. The van der Waals surface area contributed by atoms with Crippen LogP contribution in [0.1, 0.15) is 12.8 Å². The van der Waals surface area contributed by atoms with E-state index in [1.165, 1.54) is 4.90 Å². The van der Waals surface area contributed by atoms with Crippen LogP contribution < -0.4 is 11.1 Å². The molecule has 4 nitrogen and oxygen atoms in total. The highest BCUT2D eigenvalue weighted by molar-refractivity contribution is 5.95. The maximum absolute atomic E-state index is 12.7. The molecule has 2 rings (SSSR count). The van der Waals surface area contributed by atoms with Crippen molar-refractivity contribution < 1.29 is 18.0 Å². The average Bonchev–Trinajstić information content (AvgIpc) is 2.41. The van der Waals surface area contributed by atoms with Crippen LogP contribution in [0, 0.1) is 5.92 Å². The first-order valence-electron chi connectivity index (χ1n) is 6.79. The second-order valence-corrected chi connectivity index (χ2v) is 5.25. The van der Waals surface area contributed by atoms with E-state index in [1.807, 2.05) is 0 Å². The molecular formula is C14H18F3N3O. The van der Waals surface area contributed by atoms with Gasteiger partial charge in [0, 0.05) is 6.54 Å². The van der Waals surface area contributed by atoms with E-state index in [4.69, 9.17) is 5.73 Å². The number of nitrogens with one attached hydrogen (secondary N) is 1. The molecule has 1 amide bonds. The van der Waals surface area contributed by atoms with Gasteiger partial charge >= 0.3 is 6.18 Å². The van der Waals surface area contributed by atoms with Gasteiger partial charge in [-0.1, -0.05) is 12.1 Å². The lowest BCUT2D eigenvalue weighted by Gasteiger charge is -2.33. The number of rotatable bonds is 3. The fourth-order valence-corrected chi connectivity index (χ4v) is 2.47. The highest BCUT2D eigenvalue weighted by Gasteiger charge is 2.41. The highest BCUT2D eigenvalue weighted by Crippen LogP contribution is 2.33. The van der Waals surface area contributed by atoms with Crippen LogP contribution in [0.15, 0.2) is 24.3 Å². The zero-order chi connectivity index (χ0) is 15.5. The Balaban J connectivity index is 1.89. The number of para-hydroxylation sites is 2. The topological polar surface area (TPSA) is 58.4 Å². The molecule has 1 aliphatic rings. The molecule has 1 atom stereocenters. The summed E-state index contributed by atoms with van der Waals surface area (Å²) < 4.78 is 38.1. The molecule has 1 fully saturated rings. The third kappa shape index (κ3) is 4.35. The standard InChI is InChI=1S/C14H18F3N3O/c15-14(16,17)10-4-3-7-20(8-10)9-13(21)19-12-6-2-1-5-11(12)18/h1-2,5-6,10H,3-4,7-9,18H2,(H,19,21). The second kappa shape index (κ2) is 6.34. The number of carbonyl (C=O) groups excluding carboxylic acids is 1. The molecule has 1 aromatic carbocycles. The summed E-state index contributed by atoms with van der Waals surface area (Å²) in [4.78, 5) is 13.4. The molecule has 116 valence electrons. The minimum atomic E-state index is -4.20. The Morgan fingerprint density at radius 3 is 2.76 bits per heavy atom. The number of anilines is 2. The third-order valence-electron chi connectivity index (χ3n) is 3.57. The van der Waals surface area contributed by atoms with Crippen LogP contribution in [0.25, 0.3) is 0 Å². The maximum atomic E-state index is 12.7. The lowest BCUT2D eigenvalue weighted by molar-refractivity contribution is -0.186. The first kappa shape index (κ1) is 15.6. The molecule has 1 unspecified atom stereocenters. The summed E-state index contributed by atoms with van der Waals surface area (Å²) in [6.45, 7) is 0.326. The van der Waals surface area contributed by atoms with Crippen LogP contribution in [0.2, 0.25) is 0 Å². The van der Waals surface area contributed by atoms with Gasteiger partial charge in [0.25, 0.3) is 0 Å². The Morgan fingerprint density at radius 2 is 2.10 bits per heavy atom. The first-order chi connectivity index (χ1) is 9.86. The molecule has 1 heterocycles. The molecule has 21 heavy (non-hydrogen) atoms. The number of nitrogens with zero attached hydrogens (tertiary/aromatic N) is 1. The zero-order valence-corrected chi connectivity index (χ0v) is 11.5. The van der Waals surface area contributed by atoms with E-state index in [9.17, 15) is 18.0 Å². The second-order valence-electron chi connectivity index (χ2n) is 5.25. The first-order valence-corrected chi connectivity index (χ1v) is 6.79. The van der Waals surface area contributed by atoms with Crippen molar-refractivity contribution in [2.75, 3.05) is 30.7 Å². The lowest BCUT2D eigenvalue weighted by atomic mass is 9.97. The summed E-state index contributed by atoms with van der Waals surface area (Å²) in [5.41, 5.74) is 6.61. The number of hydrogen-bond acceptors (Lipinski definition) is 3. The minimum Gasteiger partial charge on any atom is -0.397 e. The number of amides is 1. The molecule has 3 N–H and O–H groups in total. The molecular weight excluding hydrogens is 283 g/mol. The quantitative estimate of drug-likeness (QED) is 0.843. The van der Waals surface area contributed by atoms with Gasteiger partial charge in [-0.2, -0.15) is 13.2 Å². The number of hydrogen-bond donors (Lipinski definition) is 2. The van der Waals surface area contributed by atoms with Gasteiger partial charge in [-0.25, -0.2) is 0 Å². The number of alkyl halides is 3. The normalized spacial score (nSPS) is 20.2. The highest BCUT2D eigenvalue weighted by atomic mass is 19.4. The SMILES string of the molecule is Nc1ccccc1NC(=O)CN1CCCC(C(F)(F)F)C1. The molecule has 0 bridgehead atoms. The number of nitrogens with two attached hydrogens (primary N) is 1. The molecule has 1 aromatic rings. The minimum absolute atomic E-state index is 0.0546. The molecule has 0 spiro atoms. The van der Waals surface area contributed by atoms with Crippen LogP contribution in [0.4, 0.5) is 24.5 Å². The fraction of sp³-hybridized carbons (Fsp3) is 0.500. The summed E-state index contributed by atoms with van der Waals surface area (Å²) >= 11 is 0. The molecule has 0 aromatic heterocycles. The van der Waals surface area contributed by atoms with Crippen molar-refractivity contribution in [1.29, 1.82) is 0 Å². The van der Waals surface area contributed by atoms with E-state index in [2.05, 4.69) is 5.32 Å². The lowest BCUT2D eigenvalue weighted by Crippen LogP contribution is -2.44. The number of carbonyl (C=O) groups is 1. The largest absolute Gasteiger partial charge is 0.397 e. The van der Waals surface area contributed by atoms with Crippen LogP contribution in [-0.4, -0.2) is 36.6 Å². The number of likely N-dealkylation sites (tertiary alicyclic amines) is 1. The van der Waals surface area contributed by atoms with E-state index >= 15 is 0 Å². The Kier molecular flexibility index (Phi) is 4.72. The predicted molar refractivity (Wildman–Crippen MR) is 74.7 cm³/mol. The molecule has 0 radical (unpaired) electrons. The van der Waals surface area contributed by atoms with E-state index in [0.717, 1.165) is 0 Å². The summed E-state index contributed by atoms with van der Waals surface area (Å²) in [6.07, 6.45) is -3.61. The van der Waals surface area contributed by atoms with Gasteiger partial charge in [-0.3, -0.25) is 9.69 Å². The summed E-state index contributed by atoms with van der Waals surface area (Å²) in [5, 5.41) is 2.62. The van der Waals surface area contributed by atoms with Gasteiger partial charge < -0.3 is 11.1 Å². The Morgan fingerprint density at radius 1 is 1.38 bits per heavy atom. The maximum Gasteiger partial charge on any atom is 0.393 e. The average molecular weight is 301 g/mol. The number of halogens is 3. The number of nitrogen functional groups attached to an aromatic ring is 1. The number of piperidine rings is 1. The van der Waals surface area contributed by atoms with Gasteiger partial charge in [0.05, 0.1) is 23.8 Å². The van der Waals surface area contributed by atoms with E-state index in [0.29, 0.717) is 24.3 Å². The molecule has 0 aliphatic carbocycles. The van der Waals surface area contributed by atoms with Crippen molar-refractivity contribution in [3.63, 3.8) is 0 Å². The van der Waals surface area contributed by atoms with Crippen molar-refractivity contribution in [1.82, 2.24) is 4.90 Å². The molecule has 7 heteroatoms. The molecule has 1 aliphatic heterocycles. The van der Waals surface area contributed by atoms with Gasteiger partial charge in [-0.15, -0.1) is 0 Å².